The molecule has 3 heterocycles. The number of methoxy groups -OCH3 is 1. The molecule has 1 saturated heterocycles. The van der Waals surface area contributed by atoms with Crippen molar-refractivity contribution in [2.75, 3.05) is 18.8 Å². The molecule has 3 amide bonds. The number of halogens is 5. The van der Waals surface area contributed by atoms with Gasteiger partial charge in [0.25, 0.3) is 17.7 Å². The summed E-state index contributed by atoms with van der Waals surface area (Å²) in [4.78, 5) is 43.1. The Balaban J connectivity index is 1.48. The number of benzene rings is 3. The van der Waals surface area contributed by atoms with Crippen LogP contribution in [0.2, 0.25) is 25.1 Å². The Labute approximate surface area is 240 Å². The molecule has 0 aliphatic carbocycles. The molecule has 38 heavy (non-hydrogen) atoms. The van der Waals surface area contributed by atoms with Crippen molar-refractivity contribution in [3.8, 4) is 17.2 Å². The van der Waals surface area contributed by atoms with E-state index in [-0.39, 0.29) is 43.0 Å². The first-order valence-electron chi connectivity index (χ1n) is 11.0. The van der Waals surface area contributed by atoms with Crippen LogP contribution in [0.1, 0.15) is 32.3 Å². The van der Waals surface area contributed by atoms with Gasteiger partial charge in [-0.3, -0.25) is 19.3 Å². The van der Waals surface area contributed by atoms with E-state index in [1.54, 1.807) is 36.4 Å². The van der Waals surface area contributed by atoms with E-state index in [1.807, 2.05) is 0 Å². The summed E-state index contributed by atoms with van der Waals surface area (Å²) >= 11 is 31.2. The molecule has 0 unspecified atom stereocenters. The molecule has 0 saturated carbocycles. The molecule has 3 aromatic rings. The first-order valence-corrected chi connectivity index (χ1v) is 12.8. The molecule has 194 valence electrons. The fraction of sp³-hybridized carbons (Fsp3) is 0.160. The van der Waals surface area contributed by atoms with Gasteiger partial charge < -0.3 is 19.1 Å². The van der Waals surface area contributed by atoms with Crippen LogP contribution in [0.3, 0.4) is 0 Å². The van der Waals surface area contributed by atoms with Crippen LogP contribution in [0.25, 0.3) is 0 Å². The number of nitrogens with zero attached hydrogens (tertiary/aromatic N) is 2. The normalized spacial score (nSPS) is 19.7. The fourth-order valence-electron chi connectivity index (χ4n) is 4.87. The number of β-lactam (4-membered cyclic amide) rings is 1. The number of amides is 3. The number of fused-ring (bicyclic) bond motifs is 2. The maximum atomic E-state index is 13.7. The third-order valence-corrected chi connectivity index (χ3v) is 8.73. The molecular formula is C25H13Cl5N2O6. The Morgan fingerprint density at radius 2 is 1.39 bits per heavy atom. The Hall–Kier alpha value is -2.88. The van der Waals surface area contributed by atoms with Gasteiger partial charge in [-0.15, -0.1) is 0 Å². The van der Waals surface area contributed by atoms with Crippen molar-refractivity contribution in [2.45, 2.75) is 12.1 Å². The molecule has 0 spiro atoms. The molecule has 0 aromatic heterocycles. The highest BCUT2D eigenvalue weighted by molar-refractivity contribution is 6.55. The first-order chi connectivity index (χ1) is 18.1. The van der Waals surface area contributed by atoms with Crippen LogP contribution in [-0.4, -0.2) is 42.6 Å². The second-order valence-corrected chi connectivity index (χ2v) is 10.4. The van der Waals surface area contributed by atoms with Crippen LogP contribution in [-0.2, 0) is 4.79 Å². The highest BCUT2D eigenvalue weighted by Gasteiger charge is 2.58. The standard InChI is InChI=1S/C25H13Cl5N2O6/c1-36-12-5-3-10(7-11(12)26)31-21(9-2-4-13-14(6-9)38-8-37-13)22(25(31)35)32-23(33)15-16(24(32)34)18(28)20(30)19(29)17(15)27/h2-7,21-22H,8H2,1H3/t21-,22-/m1/s1. The third-order valence-electron chi connectivity index (χ3n) is 6.63. The number of hydrogen-bond acceptors (Lipinski definition) is 6. The lowest BCUT2D eigenvalue weighted by Gasteiger charge is -2.49. The summed E-state index contributed by atoms with van der Waals surface area (Å²) in [6, 6.07) is 7.87. The van der Waals surface area contributed by atoms with E-state index in [0.717, 1.165) is 4.90 Å². The van der Waals surface area contributed by atoms with Crippen molar-refractivity contribution in [1.82, 2.24) is 4.90 Å². The van der Waals surface area contributed by atoms with Crippen molar-refractivity contribution in [1.29, 1.82) is 0 Å². The minimum absolute atomic E-state index is 0.0422. The average molecular weight is 615 g/mol. The molecule has 1 fully saturated rings. The summed E-state index contributed by atoms with van der Waals surface area (Å²) in [5, 5.41) is -0.498. The van der Waals surface area contributed by atoms with Gasteiger partial charge in [-0.05, 0) is 35.9 Å². The molecule has 8 nitrogen and oxygen atoms in total. The quantitative estimate of drug-likeness (QED) is 0.146. The van der Waals surface area contributed by atoms with E-state index in [9.17, 15) is 14.4 Å². The van der Waals surface area contributed by atoms with Gasteiger partial charge in [-0.25, -0.2) is 0 Å². The Morgan fingerprint density at radius 1 is 0.763 bits per heavy atom. The predicted molar refractivity (Wildman–Crippen MR) is 142 cm³/mol. The summed E-state index contributed by atoms with van der Waals surface area (Å²) < 4.78 is 16.1. The smallest absolute Gasteiger partial charge is 0.264 e. The van der Waals surface area contributed by atoms with E-state index in [4.69, 9.17) is 72.2 Å². The minimum Gasteiger partial charge on any atom is -0.495 e. The molecule has 0 N–H and O–H groups in total. The number of ether oxygens (including phenoxy) is 3. The van der Waals surface area contributed by atoms with Crippen molar-refractivity contribution in [2.24, 2.45) is 0 Å². The van der Waals surface area contributed by atoms with Crippen LogP contribution in [0.4, 0.5) is 5.69 Å². The second kappa shape index (κ2) is 9.10. The predicted octanol–water partition coefficient (Wildman–Crippen LogP) is 6.44. The largest absolute Gasteiger partial charge is 0.495 e. The van der Waals surface area contributed by atoms with Gasteiger partial charge in [0.15, 0.2) is 11.5 Å². The Kier molecular flexibility index (Phi) is 6.09. The highest BCUT2D eigenvalue weighted by atomic mass is 35.5. The fourth-order valence-corrected chi connectivity index (χ4v) is 6.13. The van der Waals surface area contributed by atoms with Gasteiger partial charge in [0.2, 0.25) is 6.79 Å². The van der Waals surface area contributed by atoms with E-state index in [0.29, 0.717) is 28.5 Å². The molecule has 13 heteroatoms. The van der Waals surface area contributed by atoms with E-state index in [1.165, 1.54) is 12.0 Å². The molecule has 3 aliphatic rings. The lowest BCUT2D eigenvalue weighted by atomic mass is 9.86. The minimum atomic E-state index is -1.24. The SMILES string of the molecule is COc1ccc(N2C(=O)[C@H](N3C(=O)c4c(Cl)c(Cl)c(Cl)c(Cl)c4C3=O)[C@H]2c2ccc3c(c2)OCO3)cc1Cl. The summed E-state index contributed by atoms with van der Waals surface area (Å²) in [7, 11) is 1.47. The van der Waals surface area contributed by atoms with Crippen LogP contribution < -0.4 is 19.1 Å². The van der Waals surface area contributed by atoms with Gasteiger partial charge >= 0.3 is 0 Å². The molecule has 3 aromatic carbocycles. The van der Waals surface area contributed by atoms with Crippen LogP contribution >= 0.6 is 58.0 Å². The lowest BCUT2D eigenvalue weighted by molar-refractivity contribution is -0.130. The molecule has 6 rings (SSSR count). The van der Waals surface area contributed by atoms with E-state index in [2.05, 4.69) is 0 Å². The number of anilines is 1. The highest BCUT2D eigenvalue weighted by Crippen LogP contribution is 2.50. The van der Waals surface area contributed by atoms with E-state index >= 15 is 0 Å². The lowest BCUT2D eigenvalue weighted by Crippen LogP contribution is -2.67. The summed E-state index contributed by atoms with van der Waals surface area (Å²) in [5.41, 5.74) is 0.590. The monoisotopic (exact) mass is 612 g/mol. The first kappa shape index (κ1) is 25.4. The number of hydrogen-bond donors (Lipinski definition) is 0. The number of carbonyl (C=O) groups is 3. The molecule has 0 bridgehead atoms. The Bertz CT molecular complexity index is 1550. The van der Waals surface area contributed by atoms with Gasteiger partial charge in [-0.1, -0.05) is 64.1 Å². The number of carbonyl (C=O) groups excluding carboxylic acids is 3. The molecule has 3 aliphatic heterocycles. The van der Waals surface area contributed by atoms with Crippen molar-refractivity contribution >= 4 is 81.4 Å². The van der Waals surface area contributed by atoms with Gasteiger partial charge in [0.1, 0.15) is 11.8 Å². The van der Waals surface area contributed by atoms with Gasteiger partial charge in [-0.2, -0.15) is 0 Å². The average Bonchev–Trinajstić information content (AvgIpc) is 3.47. The van der Waals surface area contributed by atoms with Crippen molar-refractivity contribution in [3.63, 3.8) is 0 Å². The van der Waals surface area contributed by atoms with Gasteiger partial charge in [0, 0.05) is 5.69 Å². The third kappa shape index (κ3) is 3.48. The van der Waals surface area contributed by atoms with E-state index < -0.39 is 29.8 Å². The maximum Gasteiger partial charge on any atom is 0.264 e. The van der Waals surface area contributed by atoms with Crippen LogP contribution in [0.5, 0.6) is 17.2 Å². The zero-order chi connectivity index (χ0) is 27.0. The summed E-state index contributed by atoms with van der Waals surface area (Å²) in [6.45, 7) is 0.0422. The summed E-state index contributed by atoms with van der Waals surface area (Å²) in [5.74, 6) is -0.761. The second-order valence-electron chi connectivity index (χ2n) is 8.52. The van der Waals surface area contributed by atoms with Crippen molar-refractivity contribution < 1.29 is 28.6 Å². The van der Waals surface area contributed by atoms with Gasteiger partial charge in [0.05, 0.1) is 49.4 Å². The summed E-state index contributed by atoms with van der Waals surface area (Å²) in [6.07, 6.45) is 0. The molecular weight excluding hydrogens is 602 g/mol. The van der Waals surface area contributed by atoms with Crippen molar-refractivity contribution in [3.05, 3.63) is 78.2 Å². The maximum absolute atomic E-state index is 13.7. The molecule has 0 radical (unpaired) electrons. The number of rotatable bonds is 4. The number of imide groups is 1. The van der Waals surface area contributed by atoms with Crippen LogP contribution in [0, 0.1) is 0 Å². The zero-order valence-electron chi connectivity index (χ0n) is 19.1. The van der Waals surface area contributed by atoms with Crippen LogP contribution in [0.15, 0.2) is 36.4 Å². The topological polar surface area (TPSA) is 85.4 Å². The molecule has 2 atom stereocenters. The Morgan fingerprint density at radius 3 is 2.00 bits per heavy atom. The zero-order valence-corrected chi connectivity index (χ0v) is 22.8.